The lowest BCUT2D eigenvalue weighted by Gasteiger charge is -2.13. The average molecular weight is 341 g/mol. The molecule has 1 fully saturated rings. The van der Waals surface area contributed by atoms with Crippen LogP contribution in [0.2, 0.25) is 0 Å². The molecule has 0 saturated carbocycles. The molecule has 8 heteroatoms. The van der Waals surface area contributed by atoms with Gasteiger partial charge in [0.05, 0.1) is 13.0 Å². The second kappa shape index (κ2) is 8.95. The van der Waals surface area contributed by atoms with Gasteiger partial charge in [-0.15, -0.1) is 0 Å². The number of hydrogen-bond acceptors (Lipinski definition) is 5. The Balaban J connectivity index is 2.17. The van der Waals surface area contributed by atoms with Gasteiger partial charge in [-0.05, 0) is 24.0 Å². The van der Waals surface area contributed by atoms with Crippen LogP contribution in [-0.4, -0.2) is 49.9 Å². The van der Waals surface area contributed by atoms with Crippen molar-refractivity contribution in [2.45, 2.75) is 33.1 Å². The first-order chi connectivity index (χ1) is 9.84. The monoisotopic (exact) mass is 341 g/mol. The molecule has 0 N–H and O–H groups in total. The summed E-state index contributed by atoms with van der Waals surface area (Å²) in [5.74, 6) is 1.46. The zero-order valence-electron chi connectivity index (χ0n) is 12.6. The van der Waals surface area contributed by atoms with Gasteiger partial charge in [0.2, 0.25) is 0 Å². The lowest BCUT2D eigenvalue weighted by molar-refractivity contribution is -0.143. The van der Waals surface area contributed by atoms with Gasteiger partial charge in [-0.1, -0.05) is 24.2 Å². The summed E-state index contributed by atoms with van der Waals surface area (Å²) in [5.41, 5.74) is 0. The molecule has 0 aliphatic carbocycles. The zero-order chi connectivity index (χ0) is 15.9. The van der Waals surface area contributed by atoms with Crippen molar-refractivity contribution in [1.29, 1.82) is 0 Å². The van der Waals surface area contributed by atoms with Crippen LogP contribution in [0.3, 0.4) is 0 Å². The lowest BCUT2D eigenvalue weighted by Crippen LogP contribution is -2.25. The molecule has 0 amide bonds. The molecule has 0 aromatic heterocycles. The molecule has 1 aliphatic rings. The first-order valence-electron chi connectivity index (χ1n) is 7.27. The highest BCUT2D eigenvalue weighted by Crippen LogP contribution is 2.28. The zero-order valence-corrected chi connectivity index (χ0v) is 14.2. The van der Waals surface area contributed by atoms with E-state index in [9.17, 15) is 17.1 Å². The topological polar surface area (TPSA) is 63.7 Å². The van der Waals surface area contributed by atoms with E-state index in [1.165, 1.54) is 0 Å². The summed E-state index contributed by atoms with van der Waals surface area (Å²) in [4.78, 5) is 11.4. The molecule has 2 atom stereocenters. The van der Waals surface area contributed by atoms with Gasteiger partial charge in [0.1, 0.15) is 0 Å². The van der Waals surface area contributed by atoms with Crippen LogP contribution >= 0.6 is 11.8 Å². The Morgan fingerprint density at radius 2 is 2.14 bits per heavy atom. The van der Waals surface area contributed by atoms with E-state index in [1.807, 2.05) is 13.8 Å². The summed E-state index contributed by atoms with van der Waals surface area (Å²) < 4.78 is 40.6. The number of thioether (sulfide) groups is 1. The second-order valence-electron chi connectivity index (χ2n) is 5.40. The van der Waals surface area contributed by atoms with Gasteiger partial charge >= 0.3 is 16.4 Å². The maximum Gasteiger partial charge on any atom is 0.374 e. The molecule has 0 aromatic carbocycles. The van der Waals surface area contributed by atoms with Gasteiger partial charge < -0.3 is 4.74 Å². The van der Waals surface area contributed by atoms with Crippen LogP contribution in [0, 0.1) is 11.8 Å². The third-order valence-electron chi connectivity index (χ3n) is 3.59. The van der Waals surface area contributed by atoms with E-state index in [4.69, 9.17) is 4.74 Å². The molecular formula is C13H24FNO4S2. The number of carbonyl (C=O) groups excluding carboxylic acids is 1. The maximum absolute atomic E-state index is 12.9. The predicted molar refractivity (Wildman–Crippen MR) is 82.1 cm³/mol. The molecule has 21 heavy (non-hydrogen) atoms. The van der Waals surface area contributed by atoms with E-state index in [0.717, 1.165) is 22.9 Å². The number of ether oxygens (including phenoxy) is 1. The number of hydrogen-bond donors (Lipinski definition) is 0. The Morgan fingerprint density at radius 1 is 1.43 bits per heavy atom. The normalized spacial score (nSPS) is 23.4. The molecule has 0 spiro atoms. The van der Waals surface area contributed by atoms with Crippen molar-refractivity contribution in [3.05, 3.63) is 0 Å². The minimum absolute atomic E-state index is 0.136. The lowest BCUT2D eigenvalue weighted by atomic mass is 10.0. The van der Waals surface area contributed by atoms with Crippen LogP contribution in [0.5, 0.6) is 0 Å². The van der Waals surface area contributed by atoms with Crippen LogP contribution < -0.4 is 0 Å². The first kappa shape index (κ1) is 18.7. The molecule has 0 aromatic rings. The summed E-state index contributed by atoms with van der Waals surface area (Å²) in [5, 5.41) is 0. The Morgan fingerprint density at radius 3 is 2.71 bits per heavy atom. The number of unbranched alkanes of at least 4 members (excludes halogenated alkanes) is 1. The third kappa shape index (κ3) is 6.97. The largest absolute Gasteiger partial charge is 0.466 e. The fourth-order valence-electron chi connectivity index (χ4n) is 2.17. The quantitative estimate of drug-likeness (QED) is 0.366. The SMILES string of the molecule is CCCCOC(=O)CCSCC1CN(S(=O)(=O)F)CC1C. The number of esters is 1. The number of halogens is 1. The first-order valence-corrected chi connectivity index (χ1v) is 9.77. The van der Waals surface area contributed by atoms with Gasteiger partial charge in [0, 0.05) is 18.8 Å². The van der Waals surface area contributed by atoms with Gasteiger partial charge in [0.25, 0.3) is 0 Å². The van der Waals surface area contributed by atoms with Crippen molar-refractivity contribution in [1.82, 2.24) is 4.31 Å². The summed E-state index contributed by atoms with van der Waals surface area (Å²) in [6.07, 6.45) is 2.24. The molecule has 1 saturated heterocycles. The molecule has 0 bridgehead atoms. The summed E-state index contributed by atoms with van der Waals surface area (Å²) >= 11 is 1.59. The van der Waals surface area contributed by atoms with Crippen LogP contribution in [0.4, 0.5) is 3.89 Å². The fourth-order valence-corrected chi connectivity index (χ4v) is 4.17. The van der Waals surface area contributed by atoms with Gasteiger partial charge in [-0.3, -0.25) is 4.79 Å². The van der Waals surface area contributed by atoms with Gasteiger partial charge in [0.15, 0.2) is 0 Å². The highest BCUT2D eigenvalue weighted by Gasteiger charge is 2.36. The molecule has 0 radical (unpaired) electrons. The Hall–Kier alpha value is -0.340. The maximum atomic E-state index is 12.9. The van der Waals surface area contributed by atoms with Crippen molar-refractivity contribution >= 4 is 28.1 Å². The predicted octanol–water partition coefficient (Wildman–Crippen LogP) is 2.24. The van der Waals surface area contributed by atoms with Gasteiger partial charge in [-0.2, -0.15) is 24.5 Å². The van der Waals surface area contributed by atoms with E-state index in [0.29, 0.717) is 18.8 Å². The minimum Gasteiger partial charge on any atom is -0.466 e. The molecule has 5 nitrogen and oxygen atoms in total. The molecule has 1 heterocycles. The summed E-state index contributed by atoms with van der Waals surface area (Å²) in [7, 11) is -4.58. The summed E-state index contributed by atoms with van der Waals surface area (Å²) in [6.45, 7) is 4.91. The second-order valence-corrected chi connectivity index (χ2v) is 7.89. The van der Waals surface area contributed by atoms with Crippen LogP contribution in [-0.2, 0) is 19.9 Å². The highest BCUT2D eigenvalue weighted by atomic mass is 32.3. The Labute approximate surface area is 130 Å². The van der Waals surface area contributed by atoms with Crippen LogP contribution in [0.25, 0.3) is 0 Å². The number of nitrogens with zero attached hydrogens (tertiary/aromatic N) is 1. The Kier molecular flexibility index (Phi) is 7.97. The molecule has 1 aliphatic heterocycles. The van der Waals surface area contributed by atoms with Crippen molar-refractivity contribution in [3.63, 3.8) is 0 Å². The molecule has 2 unspecified atom stereocenters. The van der Waals surface area contributed by atoms with Crippen LogP contribution in [0.1, 0.15) is 33.1 Å². The van der Waals surface area contributed by atoms with E-state index < -0.39 is 10.4 Å². The van der Waals surface area contributed by atoms with E-state index >= 15 is 0 Å². The average Bonchev–Trinajstić information content (AvgIpc) is 2.76. The van der Waals surface area contributed by atoms with Crippen molar-refractivity contribution in [2.24, 2.45) is 11.8 Å². The minimum atomic E-state index is -4.58. The van der Waals surface area contributed by atoms with Crippen molar-refractivity contribution in [3.8, 4) is 0 Å². The molecular weight excluding hydrogens is 317 g/mol. The van der Waals surface area contributed by atoms with Crippen LogP contribution in [0.15, 0.2) is 0 Å². The summed E-state index contributed by atoms with van der Waals surface area (Å²) in [6, 6.07) is 0. The van der Waals surface area contributed by atoms with E-state index in [-0.39, 0.29) is 30.9 Å². The smallest absolute Gasteiger partial charge is 0.374 e. The number of carbonyl (C=O) groups is 1. The van der Waals surface area contributed by atoms with Crippen molar-refractivity contribution in [2.75, 3.05) is 31.2 Å². The highest BCUT2D eigenvalue weighted by molar-refractivity contribution is 7.99. The van der Waals surface area contributed by atoms with Crippen molar-refractivity contribution < 1.29 is 21.8 Å². The van der Waals surface area contributed by atoms with E-state index in [2.05, 4.69) is 0 Å². The fraction of sp³-hybridized carbons (Fsp3) is 0.923. The molecule has 124 valence electrons. The molecule has 1 rings (SSSR count). The number of rotatable bonds is 9. The Bertz CT molecular complexity index is 430. The van der Waals surface area contributed by atoms with E-state index in [1.54, 1.807) is 11.8 Å². The third-order valence-corrected chi connectivity index (χ3v) is 5.66. The van der Waals surface area contributed by atoms with Gasteiger partial charge in [-0.25, -0.2) is 0 Å². The standard InChI is InChI=1S/C13H24FNO4S2/c1-3-4-6-19-13(16)5-7-20-10-12-9-15(8-11(12)2)21(14,17)18/h11-12H,3-10H2,1-2H3.